The number of methoxy groups -OCH3 is 1. The normalized spacial score (nSPS) is 10.4. The zero-order valence-corrected chi connectivity index (χ0v) is 18.1. The number of hydrogen-bond donors (Lipinski definition) is 2. The molecule has 0 aliphatic carbocycles. The number of anilines is 2. The number of hydrogen-bond acceptors (Lipinski definition) is 9. The van der Waals surface area contributed by atoms with Gasteiger partial charge in [0.15, 0.2) is 4.34 Å². The zero-order chi connectivity index (χ0) is 22.4. The quantitative estimate of drug-likeness (QED) is 0.225. The van der Waals surface area contributed by atoms with Crippen molar-refractivity contribution < 1.29 is 19.2 Å². The SMILES string of the molecule is COc1ccccc1NC(=O)CSc1nnc(NC(=O)c2cccc([N+](=O)[O-])c2C)s1. The van der Waals surface area contributed by atoms with Gasteiger partial charge in [0.25, 0.3) is 11.6 Å². The van der Waals surface area contributed by atoms with Crippen LogP contribution in [-0.4, -0.2) is 39.8 Å². The van der Waals surface area contributed by atoms with Gasteiger partial charge >= 0.3 is 0 Å². The van der Waals surface area contributed by atoms with Crippen molar-refractivity contribution in [2.24, 2.45) is 0 Å². The second kappa shape index (κ2) is 10.00. The van der Waals surface area contributed by atoms with Crippen LogP contribution in [0.4, 0.5) is 16.5 Å². The molecule has 2 N–H and O–H groups in total. The number of nitrogens with zero attached hydrogens (tertiary/aromatic N) is 3. The molecule has 0 atom stereocenters. The Morgan fingerprint density at radius 3 is 2.68 bits per heavy atom. The average molecular weight is 460 g/mol. The summed E-state index contributed by atoms with van der Waals surface area (Å²) in [5, 5.41) is 24.4. The Hall–Kier alpha value is -3.51. The molecular weight excluding hydrogens is 442 g/mol. The van der Waals surface area contributed by atoms with E-state index in [1.807, 2.05) is 0 Å². The smallest absolute Gasteiger partial charge is 0.273 e. The van der Waals surface area contributed by atoms with Gasteiger partial charge in [0.2, 0.25) is 11.0 Å². The number of thioether (sulfide) groups is 1. The molecule has 0 fully saturated rings. The largest absolute Gasteiger partial charge is 0.495 e. The molecule has 1 aromatic heterocycles. The van der Waals surface area contributed by atoms with Gasteiger partial charge in [-0.05, 0) is 25.1 Å². The van der Waals surface area contributed by atoms with Crippen molar-refractivity contribution >= 4 is 51.4 Å². The molecule has 0 aliphatic heterocycles. The Kier molecular flexibility index (Phi) is 7.15. The molecule has 0 bridgehead atoms. The maximum Gasteiger partial charge on any atom is 0.273 e. The molecule has 31 heavy (non-hydrogen) atoms. The standard InChI is InChI=1S/C19H17N5O5S2/c1-11-12(6-5-8-14(11)24(27)28)17(26)21-18-22-23-19(31-18)30-10-16(25)20-13-7-3-4-9-15(13)29-2/h3-9H,10H2,1-2H3,(H,20,25)(H,21,22,26). The lowest BCUT2D eigenvalue weighted by Gasteiger charge is -2.08. The van der Waals surface area contributed by atoms with Crippen molar-refractivity contribution in [3.05, 3.63) is 63.7 Å². The van der Waals surface area contributed by atoms with Crippen molar-refractivity contribution in [2.75, 3.05) is 23.5 Å². The number of amides is 2. The molecule has 10 nitrogen and oxygen atoms in total. The van der Waals surface area contributed by atoms with Crippen LogP contribution in [-0.2, 0) is 4.79 Å². The number of benzene rings is 2. The summed E-state index contributed by atoms with van der Waals surface area (Å²) < 4.78 is 5.68. The highest BCUT2D eigenvalue weighted by atomic mass is 32.2. The third-order valence-electron chi connectivity index (χ3n) is 4.08. The zero-order valence-electron chi connectivity index (χ0n) is 16.4. The van der Waals surface area contributed by atoms with E-state index in [1.54, 1.807) is 24.3 Å². The van der Waals surface area contributed by atoms with Crippen LogP contribution in [0.25, 0.3) is 0 Å². The molecule has 12 heteroatoms. The van der Waals surface area contributed by atoms with Gasteiger partial charge in [0.1, 0.15) is 5.75 Å². The molecule has 0 unspecified atom stereocenters. The first-order chi connectivity index (χ1) is 14.9. The Morgan fingerprint density at radius 2 is 1.94 bits per heavy atom. The Labute approximate surface area is 185 Å². The fraction of sp³-hybridized carbons (Fsp3) is 0.158. The van der Waals surface area contributed by atoms with Crippen LogP contribution in [0.1, 0.15) is 15.9 Å². The van der Waals surface area contributed by atoms with Gasteiger partial charge in [-0.2, -0.15) is 0 Å². The lowest BCUT2D eigenvalue weighted by molar-refractivity contribution is -0.385. The third-order valence-corrected chi connectivity index (χ3v) is 6.05. The minimum atomic E-state index is -0.540. The van der Waals surface area contributed by atoms with E-state index in [1.165, 1.54) is 44.0 Å². The fourth-order valence-corrected chi connectivity index (χ4v) is 4.16. The van der Waals surface area contributed by atoms with Crippen LogP contribution in [0.15, 0.2) is 46.8 Å². The van der Waals surface area contributed by atoms with E-state index in [-0.39, 0.29) is 33.6 Å². The molecule has 0 saturated carbocycles. The molecule has 0 aliphatic rings. The first-order valence-corrected chi connectivity index (χ1v) is 10.6. The maximum atomic E-state index is 12.5. The predicted molar refractivity (Wildman–Crippen MR) is 118 cm³/mol. The van der Waals surface area contributed by atoms with Gasteiger partial charge in [-0.1, -0.05) is 41.3 Å². The van der Waals surface area contributed by atoms with E-state index < -0.39 is 10.8 Å². The summed E-state index contributed by atoms with van der Waals surface area (Å²) >= 11 is 2.26. The van der Waals surface area contributed by atoms with E-state index in [0.717, 1.165) is 11.3 Å². The van der Waals surface area contributed by atoms with Gasteiger partial charge in [-0.3, -0.25) is 25.0 Å². The van der Waals surface area contributed by atoms with Crippen LogP contribution in [0.2, 0.25) is 0 Å². The highest BCUT2D eigenvalue weighted by Gasteiger charge is 2.19. The lowest BCUT2D eigenvalue weighted by atomic mass is 10.1. The highest BCUT2D eigenvalue weighted by molar-refractivity contribution is 8.01. The van der Waals surface area contributed by atoms with Crippen LogP contribution in [0.3, 0.4) is 0 Å². The Balaban J connectivity index is 1.58. The molecular formula is C19H17N5O5S2. The van der Waals surface area contributed by atoms with Crippen LogP contribution < -0.4 is 15.4 Å². The number of carbonyl (C=O) groups excluding carboxylic acids is 2. The second-order valence-corrected chi connectivity index (χ2v) is 8.27. The number of nitro benzene ring substituents is 1. The number of carbonyl (C=O) groups is 2. The topological polar surface area (TPSA) is 136 Å². The maximum absolute atomic E-state index is 12.5. The summed E-state index contributed by atoms with van der Waals surface area (Å²) in [5.41, 5.74) is 0.863. The molecule has 0 saturated heterocycles. The number of rotatable bonds is 8. The summed E-state index contributed by atoms with van der Waals surface area (Å²) in [5.74, 6) is -0.131. The van der Waals surface area contributed by atoms with E-state index in [0.29, 0.717) is 15.8 Å². The van der Waals surface area contributed by atoms with Crippen LogP contribution in [0.5, 0.6) is 5.75 Å². The summed E-state index contributed by atoms with van der Waals surface area (Å²) in [7, 11) is 1.52. The molecule has 1 heterocycles. The van der Waals surface area contributed by atoms with Crippen molar-refractivity contribution in [3.8, 4) is 5.75 Å². The summed E-state index contributed by atoms with van der Waals surface area (Å²) in [6.45, 7) is 1.51. The van der Waals surface area contributed by atoms with Gasteiger partial charge in [0, 0.05) is 17.2 Å². The van der Waals surface area contributed by atoms with Gasteiger partial charge < -0.3 is 10.1 Å². The Morgan fingerprint density at radius 1 is 1.16 bits per heavy atom. The van der Waals surface area contributed by atoms with Crippen LogP contribution in [0, 0.1) is 17.0 Å². The third kappa shape index (κ3) is 5.55. The van der Waals surface area contributed by atoms with Gasteiger partial charge in [0.05, 0.1) is 23.5 Å². The number of ether oxygens (including phenoxy) is 1. The molecule has 3 rings (SSSR count). The molecule has 2 amide bonds. The van der Waals surface area contributed by atoms with E-state index in [4.69, 9.17) is 4.74 Å². The molecule has 2 aromatic carbocycles. The molecule has 160 valence electrons. The van der Waals surface area contributed by atoms with Crippen LogP contribution >= 0.6 is 23.1 Å². The minimum absolute atomic E-state index is 0.0879. The molecule has 0 radical (unpaired) electrons. The lowest BCUT2D eigenvalue weighted by Crippen LogP contribution is -2.14. The minimum Gasteiger partial charge on any atom is -0.495 e. The summed E-state index contributed by atoms with van der Waals surface area (Å²) in [4.78, 5) is 35.2. The fourth-order valence-electron chi connectivity index (χ4n) is 2.61. The van der Waals surface area contributed by atoms with Crippen molar-refractivity contribution in [2.45, 2.75) is 11.3 Å². The number of aromatic nitrogens is 2. The molecule has 3 aromatic rings. The van der Waals surface area contributed by atoms with E-state index in [2.05, 4.69) is 20.8 Å². The number of para-hydroxylation sites is 2. The monoisotopic (exact) mass is 459 g/mol. The second-order valence-electron chi connectivity index (χ2n) is 6.07. The Bertz CT molecular complexity index is 1130. The number of nitrogens with one attached hydrogen (secondary N) is 2. The van der Waals surface area contributed by atoms with Gasteiger partial charge in [-0.15, -0.1) is 10.2 Å². The first-order valence-electron chi connectivity index (χ1n) is 8.83. The molecule has 0 spiro atoms. The van der Waals surface area contributed by atoms with E-state index >= 15 is 0 Å². The van der Waals surface area contributed by atoms with Gasteiger partial charge in [-0.25, -0.2) is 0 Å². The van der Waals surface area contributed by atoms with Crippen molar-refractivity contribution in [3.63, 3.8) is 0 Å². The van der Waals surface area contributed by atoms with Crippen molar-refractivity contribution in [1.29, 1.82) is 0 Å². The van der Waals surface area contributed by atoms with Crippen molar-refractivity contribution in [1.82, 2.24) is 10.2 Å². The van der Waals surface area contributed by atoms with E-state index in [9.17, 15) is 19.7 Å². The predicted octanol–water partition coefficient (Wildman–Crippen LogP) is 3.75. The highest BCUT2D eigenvalue weighted by Crippen LogP contribution is 2.28. The number of nitro groups is 1. The average Bonchev–Trinajstić information content (AvgIpc) is 3.19. The summed E-state index contributed by atoms with van der Waals surface area (Å²) in [6, 6.07) is 11.3. The summed E-state index contributed by atoms with van der Waals surface area (Å²) in [6.07, 6.45) is 0. The first kappa shape index (κ1) is 22.2.